The van der Waals surface area contributed by atoms with Crippen molar-refractivity contribution in [3.05, 3.63) is 24.3 Å². The molecule has 1 aromatic rings. The predicted octanol–water partition coefficient (Wildman–Crippen LogP) is 3.93. The topological polar surface area (TPSA) is 73.9 Å². The summed E-state index contributed by atoms with van der Waals surface area (Å²) in [6.45, 7) is 9.23. The molecule has 0 unspecified atom stereocenters. The quantitative estimate of drug-likeness (QED) is 0.801. The van der Waals surface area contributed by atoms with Gasteiger partial charge in [-0.3, -0.25) is 9.88 Å². The van der Waals surface area contributed by atoms with E-state index in [-0.39, 0.29) is 13.2 Å². The number of nitrogens with one attached hydrogen (secondary N) is 1. The molecule has 0 bridgehead atoms. The summed E-state index contributed by atoms with van der Waals surface area (Å²) in [5.74, 6) is 0. The zero-order valence-electron chi connectivity index (χ0n) is 13.7. The summed E-state index contributed by atoms with van der Waals surface area (Å²) in [6.07, 6.45) is -0.625. The highest BCUT2D eigenvalue weighted by Gasteiger charge is 2.30. The van der Waals surface area contributed by atoms with E-state index in [0.29, 0.717) is 11.0 Å². The van der Waals surface area contributed by atoms with E-state index in [1.54, 1.807) is 58.9 Å². The molecule has 0 aromatic heterocycles. The van der Waals surface area contributed by atoms with E-state index in [0.717, 1.165) is 0 Å². The lowest BCUT2D eigenvalue weighted by atomic mass is 10.2. The van der Waals surface area contributed by atoms with Crippen LogP contribution < -0.4 is 10.6 Å². The maximum absolute atomic E-state index is 12.9. The van der Waals surface area contributed by atoms with Crippen molar-refractivity contribution in [3.63, 3.8) is 0 Å². The Hall–Kier alpha value is -1.36. The predicted molar refractivity (Wildman–Crippen MR) is 86.8 cm³/mol. The van der Waals surface area contributed by atoms with Crippen LogP contribution >= 0.6 is 7.60 Å². The van der Waals surface area contributed by atoms with Crippen LogP contribution in [0.25, 0.3) is 0 Å². The number of para-hydroxylation sites is 1. The molecule has 0 aliphatic heterocycles. The second-order valence-electron chi connectivity index (χ2n) is 5.48. The van der Waals surface area contributed by atoms with Gasteiger partial charge >= 0.3 is 13.7 Å². The van der Waals surface area contributed by atoms with Gasteiger partial charge in [0.2, 0.25) is 0 Å². The maximum Gasteiger partial charge on any atom is 0.412 e. The number of hydrogen-bond acceptors (Lipinski definition) is 5. The summed E-state index contributed by atoms with van der Waals surface area (Å²) < 4.78 is 28.7. The maximum atomic E-state index is 12.9. The number of carbonyl (C=O) groups excluding carboxylic acids is 1. The van der Waals surface area contributed by atoms with Gasteiger partial charge in [-0.05, 0) is 46.8 Å². The standard InChI is InChI=1S/C15H24NO5P/c1-6-19-22(18,20-7-2)13-11-9-8-10-12(13)16-14(17)21-15(3,4)5/h8-11H,6-7H2,1-5H3,(H,16,17). The minimum absolute atomic E-state index is 0.234. The molecule has 0 spiro atoms. The monoisotopic (exact) mass is 329 g/mol. The summed E-state index contributed by atoms with van der Waals surface area (Å²) in [6, 6.07) is 6.67. The molecule has 0 fully saturated rings. The molecular formula is C15H24NO5P. The number of ether oxygens (including phenoxy) is 1. The number of amides is 1. The largest absolute Gasteiger partial charge is 0.444 e. The van der Waals surface area contributed by atoms with Crippen LogP contribution in [0.2, 0.25) is 0 Å². The molecule has 22 heavy (non-hydrogen) atoms. The fourth-order valence-electron chi connectivity index (χ4n) is 1.75. The molecule has 1 aromatic carbocycles. The molecule has 0 aliphatic rings. The van der Waals surface area contributed by atoms with Crippen molar-refractivity contribution in [2.24, 2.45) is 0 Å². The highest BCUT2D eigenvalue weighted by molar-refractivity contribution is 7.62. The van der Waals surface area contributed by atoms with Crippen LogP contribution in [0.15, 0.2) is 24.3 Å². The number of carbonyl (C=O) groups is 1. The Balaban J connectivity index is 3.08. The molecule has 0 atom stereocenters. The third-order valence-corrected chi connectivity index (χ3v) is 4.61. The zero-order chi connectivity index (χ0) is 16.8. The highest BCUT2D eigenvalue weighted by atomic mass is 31.2. The number of anilines is 1. The molecule has 1 rings (SSSR count). The molecule has 0 radical (unpaired) electrons. The lowest BCUT2D eigenvalue weighted by molar-refractivity contribution is 0.0636. The van der Waals surface area contributed by atoms with Crippen molar-refractivity contribution in [1.82, 2.24) is 0 Å². The zero-order valence-corrected chi connectivity index (χ0v) is 14.6. The van der Waals surface area contributed by atoms with E-state index < -0.39 is 19.3 Å². The molecule has 0 aliphatic carbocycles. The molecule has 1 amide bonds. The smallest absolute Gasteiger partial charge is 0.412 e. The molecule has 0 heterocycles. The van der Waals surface area contributed by atoms with Crippen LogP contribution in [0, 0.1) is 0 Å². The van der Waals surface area contributed by atoms with Gasteiger partial charge < -0.3 is 13.8 Å². The van der Waals surface area contributed by atoms with Gasteiger partial charge in [0, 0.05) is 0 Å². The molecule has 1 N–H and O–H groups in total. The summed E-state index contributed by atoms with van der Waals surface area (Å²) in [5, 5.41) is 2.91. The second-order valence-corrected chi connectivity index (χ2v) is 7.47. The van der Waals surface area contributed by atoms with Crippen LogP contribution in [0.1, 0.15) is 34.6 Å². The molecular weight excluding hydrogens is 305 g/mol. The lowest BCUT2D eigenvalue weighted by Gasteiger charge is -2.22. The van der Waals surface area contributed by atoms with Crippen molar-refractivity contribution < 1.29 is 23.1 Å². The Morgan fingerprint density at radius 1 is 1.14 bits per heavy atom. The van der Waals surface area contributed by atoms with Gasteiger partial charge in [0.25, 0.3) is 0 Å². The molecule has 124 valence electrons. The second kappa shape index (κ2) is 7.77. The van der Waals surface area contributed by atoms with Crippen LogP contribution in [0.5, 0.6) is 0 Å². The van der Waals surface area contributed by atoms with Gasteiger partial charge in [0.1, 0.15) is 5.60 Å². The first-order chi connectivity index (χ1) is 10.2. The van der Waals surface area contributed by atoms with E-state index in [1.165, 1.54) is 0 Å². The van der Waals surface area contributed by atoms with Gasteiger partial charge in [0.15, 0.2) is 0 Å². The van der Waals surface area contributed by atoms with Crippen LogP contribution in [0.3, 0.4) is 0 Å². The Morgan fingerprint density at radius 3 is 2.18 bits per heavy atom. The van der Waals surface area contributed by atoms with Gasteiger partial charge in [-0.2, -0.15) is 0 Å². The Bertz CT molecular complexity index is 543. The Morgan fingerprint density at radius 2 is 1.68 bits per heavy atom. The minimum Gasteiger partial charge on any atom is -0.444 e. The van der Waals surface area contributed by atoms with E-state index in [4.69, 9.17) is 13.8 Å². The van der Waals surface area contributed by atoms with Crippen molar-refractivity contribution in [2.45, 2.75) is 40.2 Å². The Kier molecular flexibility index (Phi) is 6.60. The average molecular weight is 329 g/mol. The van der Waals surface area contributed by atoms with E-state index in [9.17, 15) is 9.36 Å². The first kappa shape index (κ1) is 18.7. The summed E-state index contributed by atoms with van der Waals surface area (Å²) >= 11 is 0. The highest BCUT2D eigenvalue weighted by Crippen LogP contribution is 2.48. The third kappa shape index (κ3) is 5.44. The fourth-order valence-corrected chi connectivity index (χ4v) is 3.47. The first-order valence-corrected chi connectivity index (χ1v) is 8.75. The summed E-state index contributed by atoms with van der Waals surface area (Å²) in [4.78, 5) is 11.9. The molecule has 6 nitrogen and oxygen atoms in total. The fraction of sp³-hybridized carbons (Fsp3) is 0.533. The van der Waals surface area contributed by atoms with Crippen molar-refractivity contribution in [2.75, 3.05) is 18.5 Å². The number of benzene rings is 1. The van der Waals surface area contributed by atoms with Gasteiger partial charge in [-0.1, -0.05) is 12.1 Å². The summed E-state index contributed by atoms with van der Waals surface area (Å²) in [7, 11) is -3.49. The van der Waals surface area contributed by atoms with Crippen LogP contribution in [0.4, 0.5) is 10.5 Å². The molecule has 0 saturated carbocycles. The van der Waals surface area contributed by atoms with Crippen molar-refractivity contribution >= 4 is 24.7 Å². The lowest BCUT2D eigenvalue weighted by Crippen LogP contribution is -2.29. The number of rotatable bonds is 6. The SMILES string of the molecule is CCOP(=O)(OCC)c1ccccc1NC(=O)OC(C)(C)C. The Labute approximate surface area is 131 Å². The third-order valence-electron chi connectivity index (χ3n) is 2.43. The van der Waals surface area contributed by atoms with Gasteiger partial charge in [-0.25, -0.2) is 4.79 Å². The molecule has 0 saturated heterocycles. The van der Waals surface area contributed by atoms with Gasteiger partial charge in [-0.15, -0.1) is 0 Å². The van der Waals surface area contributed by atoms with Crippen LogP contribution in [-0.4, -0.2) is 24.9 Å². The van der Waals surface area contributed by atoms with E-state index >= 15 is 0 Å². The first-order valence-electron chi connectivity index (χ1n) is 7.20. The van der Waals surface area contributed by atoms with Gasteiger partial charge in [0.05, 0.1) is 24.2 Å². The normalized spacial score (nSPS) is 12.0. The van der Waals surface area contributed by atoms with Crippen LogP contribution in [-0.2, 0) is 18.3 Å². The average Bonchev–Trinajstić information content (AvgIpc) is 2.37. The molecule has 7 heteroatoms. The van der Waals surface area contributed by atoms with E-state index in [1.807, 2.05) is 0 Å². The summed E-state index contributed by atoms with van der Waals surface area (Å²) in [5.41, 5.74) is -0.273. The van der Waals surface area contributed by atoms with Crippen molar-refractivity contribution in [3.8, 4) is 0 Å². The van der Waals surface area contributed by atoms with E-state index in [2.05, 4.69) is 5.32 Å². The minimum atomic E-state index is -3.49. The van der Waals surface area contributed by atoms with Crippen molar-refractivity contribution in [1.29, 1.82) is 0 Å². The number of hydrogen-bond donors (Lipinski definition) is 1.